The van der Waals surface area contributed by atoms with Gasteiger partial charge in [-0.25, -0.2) is 4.98 Å². The molecule has 0 aliphatic rings. The number of hydrogen-bond donors (Lipinski definition) is 1. The third-order valence-corrected chi connectivity index (χ3v) is 4.51. The Labute approximate surface area is 131 Å². The molecule has 1 aromatic carbocycles. The van der Waals surface area contributed by atoms with Crippen molar-refractivity contribution < 1.29 is 4.74 Å². The van der Waals surface area contributed by atoms with Crippen LogP contribution >= 0.6 is 11.3 Å². The SMILES string of the molecule is CCNCCc1ccccc1COCCc1scnc1C. The van der Waals surface area contributed by atoms with Gasteiger partial charge in [-0.3, -0.25) is 0 Å². The second-order valence-electron chi connectivity index (χ2n) is 5.04. The van der Waals surface area contributed by atoms with Crippen molar-refractivity contribution in [1.29, 1.82) is 0 Å². The molecule has 0 aliphatic carbocycles. The van der Waals surface area contributed by atoms with Gasteiger partial charge in [0.25, 0.3) is 0 Å². The van der Waals surface area contributed by atoms with E-state index in [2.05, 4.69) is 48.4 Å². The molecule has 0 saturated heterocycles. The van der Waals surface area contributed by atoms with Crippen molar-refractivity contribution in [2.24, 2.45) is 0 Å². The van der Waals surface area contributed by atoms with Crippen LogP contribution in [0.2, 0.25) is 0 Å². The maximum atomic E-state index is 5.85. The lowest BCUT2D eigenvalue weighted by Gasteiger charge is -2.10. The lowest BCUT2D eigenvalue weighted by atomic mass is 10.1. The zero-order chi connectivity index (χ0) is 14.9. The molecule has 1 aromatic heterocycles. The molecular weight excluding hydrogens is 280 g/mol. The maximum Gasteiger partial charge on any atom is 0.0797 e. The molecule has 2 rings (SSSR count). The third-order valence-electron chi connectivity index (χ3n) is 3.52. The van der Waals surface area contributed by atoms with E-state index in [0.717, 1.165) is 38.2 Å². The van der Waals surface area contributed by atoms with Crippen LogP contribution in [0.25, 0.3) is 0 Å². The van der Waals surface area contributed by atoms with E-state index in [9.17, 15) is 0 Å². The van der Waals surface area contributed by atoms with Crippen molar-refractivity contribution in [2.75, 3.05) is 19.7 Å². The number of rotatable bonds is 9. The number of ether oxygens (including phenoxy) is 1. The predicted molar refractivity (Wildman–Crippen MR) is 88.9 cm³/mol. The topological polar surface area (TPSA) is 34.1 Å². The molecule has 0 atom stereocenters. The van der Waals surface area contributed by atoms with Crippen molar-refractivity contribution in [3.05, 3.63) is 51.5 Å². The van der Waals surface area contributed by atoms with Crippen molar-refractivity contribution in [3.8, 4) is 0 Å². The number of benzene rings is 1. The molecule has 0 unspecified atom stereocenters. The van der Waals surface area contributed by atoms with Gasteiger partial charge in [0.1, 0.15) is 0 Å². The molecule has 0 amide bonds. The molecule has 21 heavy (non-hydrogen) atoms. The van der Waals surface area contributed by atoms with Gasteiger partial charge in [-0.05, 0) is 37.6 Å². The van der Waals surface area contributed by atoms with Crippen molar-refractivity contribution in [3.63, 3.8) is 0 Å². The maximum absolute atomic E-state index is 5.85. The quantitative estimate of drug-likeness (QED) is 0.721. The highest BCUT2D eigenvalue weighted by Crippen LogP contribution is 2.14. The Morgan fingerprint density at radius 3 is 2.71 bits per heavy atom. The van der Waals surface area contributed by atoms with Crippen molar-refractivity contribution in [2.45, 2.75) is 33.3 Å². The van der Waals surface area contributed by atoms with E-state index in [0.29, 0.717) is 6.61 Å². The molecule has 0 aliphatic heterocycles. The standard InChI is InChI=1S/C17H24N2OS/c1-3-18-10-8-15-6-4-5-7-16(15)12-20-11-9-17-14(2)19-13-21-17/h4-7,13,18H,3,8-12H2,1-2H3. The minimum Gasteiger partial charge on any atom is -0.376 e. The summed E-state index contributed by atoms with van der Waals surface area (Å²) in [5.74, 6) is 0. The average molecular weight is 304 g/mol. The van der Waals surface area contributed by atoms with Gasteiger partial charge in [0.15, 0.2) is 0 Å². The molecule has 0 bridgehead atoms. The van der Waals surface area contributed by atoms with Gasteiger partial charge >= 0.3 is 0 Å². The Morgan fingerprint density at radius 1 is 1.19 bits per heavy atom. The molecule has 0 saturated carbocycles. The Hall–Kier alpha value is -1.23. The summed E-state index contributed by atoms with van der Waals surface area (Å²) in [6.45, 7) is 7.68. The highest BCUT2D eigenvalue weighted by molar-refractivity contribution is 7.09. The summed E-state index contributed by atoms with van der Waals surface area (Å²) in [6, 6.07) is 8.55. The van der Waals surface area contributed by atoms with Crippen LogP contribution in [0.1, 0.15) is 28.6 Å². The minimum atomic E-state index is 0.695. The molecule has 3 nitrogen and oxygen atoms in total. The molecule has 0 radical (unpaired) electrons. The molecular formula is C17H24N2OS. The van der Waals surface area contributed by atoms with Gasteiger partial charge in [0.05, 0.1) is 24.4 Å². The van der Waals surface area contributed by atoms with Gasteiger partial charge in [-0.1, -0.05) is 31.2 Å². The van der Waals surface area contributed by atoms with Gasteiger partial charge in [0.2, 0.25) is 0 Å². The first-order chi connectivity index (χ1) is 10.3. The summed E-state index contributed by atoms with van der Waals surface area (Å²) in [7, 11) is 0. The molecule has 2 aromatic rings. The summed E-state index contributed by atoms with van der Waals surface area (Å²) in [6.07, 6.45) is 2.01. The number of aromatic nitrogens is 1. The van der Waals surface area contributed by atoms with E-state index in [4.69, 9.17) is 4.74 Å². The Kier molecular flexibility index (Phi) is 6.86. The number of likely N-dealkylation sites (N-methyl/N-ethyl adjacent to an activating group) is 1. The highest BCUT2D eigenvalue weighted by Gasteiger charge is 2.04. The lowest BCUT2D eigenvalue weighted by molar-refractivity contribution is 0.123. The first-order valence-electron chi connectivity index (χ1n) is 7.55. The lowest BCUT2D eigenvalue weighted by Crippen LogP contribution is -2.16. The van der Waals surface area contributed by atoms with E-state index in [1.54, 1.807) is 11.3 Å². The predicted octanol–water partition coefficient (Wildman–Crippen LogP) is 3.36. The fourth-order valence-corrected chi connectivity index (χ4v) is 3.02. The fourth-order valence-electron chi connectivity index (χ4n) is 2.26. The van der Waals surface area contributed by atoms with Crippen molar-refractivity contribution in [1.82, 2.24) is 10.3 Å². The summed E-state index contributed by atoms with van der Waals surface area (Å²) in [5, 5.41) is 3.37. The number of nitrogens with one attached hydrogen (secondary N) is 1. The third kappa shape index (κ3) is 5.23. The van der Waals surface area contributed by atoms with E-state index in [-0.39, 0.29) is 0 Å². The first kappa shape index (κ1) is 16.1. The molecule has 0 fully saturated rings. The Balaban J connectivity index is 1.78. The average Bonchev–Trinajstić information content (AvgIpc) is 2.91. The summed E-state index contributed by atoms with van der Waals surface area (Å²) < 4.78 is 5.85. The highest BCUT2D eigenvalue weighted by atomic mass is 32.1. The van der Waals surface area contributed by atoms with Gasteiger partial charge in [-0.15, -0.1) is 11.3 Å². The normalized spacial score (nSPS) is 11.0. The second kappa shape index (κ2) is 8.93. The Bertz CT molecular complexity index is 539. The number of nitrogens with zero attached hydrogens (tertiary/aromatic N) is 1. The smallest absolute Gasteiger partial charge is 0.0797 e. The molecule has 0 spiro atoms. The minimum absolute atomic E-state index is 0.695. The van der Waals surface area contributed by atoms with Crippen LogP contribution in [0.4, 0.5) is 0 Å². The van der Waals surface area contributed by atoms with E-state index in [1.165, 1.54) is 16.0 Å². The summed E-state index contributed by atoms with van der Waals surface area (Å²) >= 11 is 1.71. The number of thiazole rings is 1. The van der Waals surface area contributed by atoms with Crippen LogP contribution in [-0.4, -0.2) is 24.7 Å². The van der Waals surface area contributed by atoms with Crippen molar-refractivity contribution >= 4 is 11.3 Å². The van der Waals surface area contributed by atoms with Gasteiger partial charge in [0, 0.05) is 11.3 Å². The molecule has 4 heteroatoms. The monoisotopic (exact) mass is 304 g/mol. The van der Waals surface area contributed by atoms with E-state index >= 15 is 0 Å². The molecule has 114 valence electrons. The summed E-state index contributed by atoms with van der Waals surface area (Å²) in [5.41, 5.74) is 5.72. The van der Waals surface area contributed by atoms with E-state index < -0.39 is 0 Å². The fraction of sp³-hybridized carbons (Fsp3) is 0.471. The van der Waals surface area contributed by atoms with Crippen LogP contribution < -0.4 is 5.32 Å². The van der Waals surface area contributed by atoms with E-state index in [1.807, 2.05) is 5.51 Å². The zero-order valence-corrected chi connectivity index (χ0v) is 13.7. The molecule has 1 heterocycles. The Morgan fingerprint density at radius 2 is 2.00 bits per heavy atom. The van der Waals surface area contributed by atoms with Crippen LogP contribution in [0, 0.1) is 6.92 Å². The number of aryl methyl sites for hydroxylation is 1. The second-order valence-corrected chi connectivity index (χ2v) is 5.98. The zero-order valence-electron chi connectivity index (χ0n) is 12.9. The molecule has 1 N–H and O–H groups in total. The first-order valence-corrected chi connectivity index (χ1v) is 8.43. The van der Waals surface area contributed by atoms with Crippen LogP contribution in [-0.2, 0) is 24.2 Å². The van der Waals surface area contributed by atoms with Crippen LogP contribution in [0.3, 0.4) is 0 Å². The largest absolute Gasteiger partial charge is 0.376 e. The summed E-state index contributed by atoms with van der Waals surface area (Å²) in [4.78, 5) is 5.59. The van der Waals surface area contributed by atoms with Crippen LogP contribution in [0.5, 0.6) is 0 Å². The van der Waals surface area contributed by atoms with Gasteiger partial charge < -0.3 is 10.1 Å². The van der Waals surface area contributed by atoms with Gasteiger partial charge in [-0.2, -0.15) is 0 Å². The van der Waals surface area contributed by atoms with Crippen LogP contribution in [0.15, 0.2) is 29.8 Å². The number of hydrogen-bond acceptors (Lipinski definition) is 4.